The first-order chi connectivity index (χ1) is 11.2. The zero-order valence-electron chi connectivity index (χ0n) is 13.0. The maximum atomic E-state index is 12.5. The summed E-state index contributed by atoms with van der Waals surface area (Å²) in [6.45, 7) is 1.09. The highest BCUT2D eigenvalue weighted by molar-refractivity contribution is 6.06. The quantitative estimate of drug-likeness (QED) is 0.764. The van der Waals surface area contributed by atoms with Crippen LogP contribution in [0.1, 0.15) is 22.3 Å². The van der Waals surface area contributed by atoms with Crippen LogP contribution in [0.2, 0.25) is 0 Å². The third kappa shape index (κ3) is 2.54. The lowest BCUT2D eigenvalue weighted by Crippen LogP contribution is -2.24. The summed E-state index contributed by atoms with van der Waals surface area (Å²) in [4.78, 5) is 21.9. The predicted octanol–water partition coefficient (Wildman–Crippen LogP) is 3.20. The summed E-state index contributed by atoms with van der Waals surface area (Å²) in [5, 5.41) is 2.99. The number of rotatable bonds is 2. The zero-order valence-corrected chi connectivity index (χ0v) is 13.0. The predicted molar refractivity (Wildman–Crippen MR) is 92.1 cm³/mol. The smallest absolute Gasteiger partial charge is 0.255 e. The first-order valence-corrected chi connectivity index (χ1v) is 7.79. The summed E-state index contributed by atoms with van der Waals surface area (Å²) < 4.78 is 0. The van der Waals surface area contributed by atoms with Crippen LogP contribution in [-0.2, 0) is 6.42 Å². The van der Waals surface area contributed by atoms with Crippen molar-refractivity contribution < 1.29 is 4.79 Å². The Hall–Kier alpha value is -2.82. The largest absolute Gasteiger partial charge is 0.374 e. The van der Waals surface area contributed by atoms with Crippen LogP contribution in [0.5, 0.6) is 0 Å². The molecule has 23 heavy (non-hydrogen) atoms. The lowest BCUT2D eigenvalue weighted by atomic mass is 10.0. The molecular weight excluding hydrogens is 288 g/mol. The molecule has 1 aliphatic heterocycles. The highest BCUT2D eigenvalue weighted by atomic mass is 16.1. The molecule has 5 heteroatoms. The standard InChI is InChI=1S/C18H18N4O/c1-22-8-2-3-12-9-14(5-7-17(12)22)21-18(23)13-4-6-15-16(10-13)20-11-19-15/h4-7,9-11H,2-3,8H2,1H3,(H,19,20)(H,21,23). The monoisotopic (exact) mass is 306 g/mol. The van der Waals surface area contributed by atoms with Gasteiger partial charge in [-0.15, -0.1) is 0 Å². The van der Waals surface area contributed by atoms with Crippen LogP contribution in [0.4, 0.5) is 11.4 Å². The van der Waals surface area contributed by atoms with Gasteiger partial charge in [0.1, 0.15) is 0 Å². The number of benzene rings is 2. The van der Waals surface area contributed by atoms with E-state index in [0.29, 0.717) is 5.56 Å². The molecule has 2 aromatic carbocycles. The van der Waals surface area contributed by atoms with Crippen LogP contribution >= 0.6 is 0 Å². The number of nitrogens with zero attached hydrogens (tertiary/aromatic N) is 2. The summed E-state index contributed by atoms with van der Waals surface area (Å²) in [5.74, 6) is -0.106. The number of anilines is 2. The minimum Gasteiger partial charge on any atom is -0.374 e. The summed E-state index contributed by atoms with van der Waals surface area (Å²) in [7, 11) is 2.11. The molecule has 0 bridgehead atoms. The molecule has 1 aliphatic rings. The van der Waals surface area contributed by atoms with Crippen molar-refractivity contribution in [2.24, 2.45) is 0 Å². The number of aromatic nitrogens is 2. The number of hydrogen-bond donors (Lipinski definition) is 2. The number of aryl methyl sites for hydroxylation is 1. The van der Waals surface area contributed by atoms with Crippen molar-refractivity contribution in [2.75, 3.05) is 23.8 Å². The lowest BCUT2D eigenvalue weighted by Gasteiger charge is -2.27. The highest BCUT2D eigenvalue weighted by Crippen LogP contribution is 2.28. The van der Waals surface area contributed by atoms with Gasteiger partial charge >= 0.3 is 0 Å². The fourth-order valence-electron chi connectivity index (χ4n) is 3.14. The van der Waals surface area contributed by atoms with Gasteiger partial charge in [0.15, 0.2) is 0 Å². The second-order valence-electron chi connectivity index (χ2n) is 5.96. The lowest BCUT2D eigenvalue weighted by molar-refractivity contribution is 0.102. The molecule has 2 N–H and O–H groups in total. The highest BCUT2D eigenvalue weighted by Gasteiger charge is 2.15. The van der Waals surface area contributed by atoms with E-state index in [-0.39, 0.29) is 5.91 Å². The van der Waals surface area contributed by atoms with Crippen molar-refractivity contribution in [3.8, 4) is 0 Å². The summed E-state index contributed by atoms with van der Waals surface area (Å²) in [5.41, 5.74) is 5.74. The van der Waals surface area contributed by atoms with Crippen molar-refractivity contribution >= 4 is 28.3 Å². The van der Waals surface area contributed by atoms with Gasteiger partial charge in [-0.2, -0.15) is 0 Å². The summed E-state index contributed by atoms with van der Waals surface area (Å²) >= 11 is 0. The topological polar surface area (TPSA) is 61.0 Å². The van der Waals surface area contributed by atoms with Crippen LogP contribution in [0, 0.1) is 0 Å². The van der Waals surface area contributed by atoms with Crippen molar-refractivity contribution in [3.05, 3.63) is 53.9 Å². The average molecular weight is 306 g/mol. The van der Waals surface area contributed by atoms with E-state index in [1.54, 1.807) is 12.4 Å². The molecule has 116 valence electrons. The van der Waals surface area contributed by atoms with E-state index >= 15 is 0 Å². The van der Waals surface area contributed by atoms with Gasteiger partial charge in [-0.25, -0.2) is 4.98 Å². The van der Waals surface area contributed by atoms with E-state index < -0.39 is 0 Å². The van der Waals surface area contributed by atoms with Crippen LogP contribution < -0.4 is 10.2 Å². The Balaban J connectivity index is 1.58. The van der Waals surface area contributed by atoms with Gasteiger partial charge in [-0.1, -0.05) is 0 Å². The zero-order chi connectivity index (χ0) is 15.8. The van der Waals surface area contributed by atoms with E-state index in [1.807, 2.05) is 18.2 Å². The number of H-pyrrole nitrogens is 1. The van der Waals surface area contributed by atoms with Crippen LogP contribution in [0.3, 0.4) is 0 Å². The SMILES string of the molecule is CN1CCCc2cc(NC(=O)c3ccc4nc[nH]c4c3)ccc21. The Bertz CT molecular complexity index is 884. The third-order valence-corrected chi connectivity index (χ3v) is 4.37. The Labute approximate surface area is 134 Å². The van der Waals surface area contributed by atoms with Crippen LogP contribution in [-0.4, -0.2) is 29.5 Å². The van der Waals surface area contributed by atoms with Gasteiger partial charge in [0.2, 0.25) is 0 Å². The van der Waals surface area contributed by atoms with Crippen LogP contribution in [0.25, 0.3) is 11.0 Å². The molecule has 2 heterocycles. The normalized spacial score (nSPS) is 13.9. The van der Waals surface area contributed by atoms with Crippen molar-refractivity contribution in [1.82, 2.24) is 9.97 Å². The number of carbonyl (C=O) groups is 1. The molecule has 5 nitrogen and oxygen atoms in total. The van der Waals surface area contributed by atoms with E-state index in [4.69, 9.17) is 0 Å². The number of carbonyl (C=O) groups excluding carboxylic acids is 1. The first kappa shape index (κ1) is 13.8. The van der Waals surface area contributed by atoms with Crippen molar-refractivity contribution in [2.45, 2.75) is 12.8 Å². The van der Waals surface area contributed by atoms with E-state index in [2.05, 4.69) is 39.4 Å². The maximum absolute atomic E-state index is 12.5. The summed E-state index contributed by atoms with van der Waals surface area (Å²) in [6.07, 6.45) is 3.84. The molecule has 0 fully saturated rings. The molecule has 0 saturated carbocycles. The number of hydrogen-bond acceptors (Lipinski definition) is 3. The molecule has 3 aromatic rings. The molecule has 1 aromatic heterocycles. The van der Waals surface area contributed by atoms with Gasteiger partial charge in [0.25, 0.3) is 5.91 Å². The number of fused-ring (bicyclic) bond motifs is 2. The van der Waals surface area contributed by atoms with Gasteiger partial charge in [-0.3, -0.25) is 4.79 Å². The maximum Gasteiger partial charge on any atom is 0.255 e. The minimum absolute atomic E-state index is 0.106. The fourth-order valence-corrected chi connectivity index (χ4v) is 3.14. The third-order valence-electron chi connectivity index (χ3n) is 4.37. The molecular formula is C18H18N4O. The summed E-state index contributed by atoms with van der Waals surface area (Å²) in [6, 6.07) is 11.6. The van der Waals surface area contributed by atoms with E-state index in [0.717, 1.165) is 36.1 Å². The molecule has 0 saturated heterocycles. The van der Waals surface area contributed by atoms with Gasteiger partial charge < -0.3 is 15.2 Å². The molecule has 0 atom stereocenters. The molecule has 0 radical (unpaired) electrons. The molecule has 0 spiro atoms. The molecule has 1 amide bonds. The number of aromatic amines is 1. The average Bonchev–Trinajstić information content (AvgIpc) is 3.02. The van der Waals surface area contributed by atoms with Crippen molar-refractivity contribution in [3.63, 3.8) is 0 Å². The van der Waals surface area contributed by atoms with Crippen LogP contribution in [0.15, 0.2) is 42.7 Å². The Morgan fingerprint density at radius 1 is 1.26 bits per heavy atom. The Morgan fingerprint density at radius 3 is 3.09 bits per heavy atom. The Kier molecular flexibility index (Phi) is 3.26. The number of nitrogens with one attached hydrogen (secondary N) is 2. The van der Waals surface area contributed by atoms with Crippen molar-refractivity contribution in [1.29, 1.82) is 0 Å². The second kappa shape index (κ2) is 5.43. The number of imidazole rings is 1. The van der Waals surface area contributed by atoms with E-state index in [1.165, 1.54) is 11.3 Å². The minimum atomic E-state index is -0.106. The van der Waals surface area contributed by atoms with Gasteiger partial charge in [0, 0.05) is 30.5 Å². The number of amides is 1. The fraction of sp³-hybridized carbons (Fsp3) is 0.222. The van der Waals surface area contributed by atoms with Gasteiger partial charge in [0.05, 0.1) is 17.4 Å². The molecule has 4 rings (SSSR count). The Morgan fingerprint density at radius 2 is 2.17 bits per heavy atom. The molecule has 0 unspecified atom stereocenters. The van der Waals surface area contributed by atoms with Gasteiger partial charge in [-0.05, 0) is 54.8 Å². The van der Waals surface area contributed by atoms with E-state index in [9.17, 15) is 4.79 Å². The molecule has 0 aliphatic carbocycles. The first-order valence-electron chi connectivity index (χ1n) is 7.79. The second-order valence-corrected chi connectivity index (χ2v) is 5.96.